The summed E-state index contributed by atoms with van der Waals surface area (Å²) < 4.78 is 0. The lowest BCUT2D eigenvalue weighted by atomic mass is 9.96. The van der Waals surface area contributed by atoms with Crippen molar-refractivity contribution >= 4 is 34.9 Å². The second kappa shape index (κ2) is 16.5. The quantitative estimate of drug-likeness (QED) is 0.265. The van der Waals surface area contributed by atoms with Crippen LogP contribution in [-0.4, -0.2) is 117 Å². The van der Waals surface area contributed by atoms with Gasteiger partial charge in [0.15, 0.2) is 0 Å². The molecule has 3 aliphatic rings. The van der Waals surface area contributed by atoms with Crippen molar-refractivity contribution in [1.82, 2.24) is 24.9 Å². The number of rotatable bonds is 11. The number of piperazine rings is 2. The molecule has 0 aromatic heterocycles. The van der Waals surface area contributed by atoms with Crippen LogP contribution in [0.1, 0.15) is 23.6 Å². The van der Waals surface area contributed by atoms with Gasteiger partial charge in [-0.2, -0.15) is 0 Å². The summed E-state index contributed by atoms with van der Waals surface area (Å²) in [6.07, 6.45) is 8.90. The Labute approximate surface area is 273 Å². The Balaban J connectivity index is 1.19. The maximum atomic E-state index is 6.23. The predicted octanol–water partition coefficient (Wildman–Crippen LogP) is 5.41. The van der Waals surface area contributed by atoms with Gasteiger partial charge in [-0.15, -0.1) is 0 Å². The maximum Gasteiger partial charge on any atom is 0.131 e. The number of likely N-dealkylation sites (N-methyl/N-ethyl adjacent to an activating group) is 1. The van der Waals surface area contributed by atoms with E-state index in [0.29, 0.717) is 6.54 Å². The Morgan fingerprint density at radius 1 is 0.864 bits per heavy atom. The number of nitrogens with zero attached hydrogens (tertiary/aromatic N) is 6. The molecule has 2 saturated heterocycles. The first kappa shape index (κ1) is 32.6. The van der Waals surface area contributed by atoms with Crippen LogP contribution in [0.25, 0.3) is 0 Å². The van der Waals surface area contributed by atoms with Crippen LogP contribution in [0.15, 0.2) is 95.0 Å². The number of benzene rings is 2. The van der Waals surface area contributed by atoms with Gasteiger partial charge >= 0.3 is 0 Å². The van der Waals surface area contributed by atoms with Gasteiger partial charge in [0.25, 0.3) is 0 Å². The zero-order valence-corrected chi connectivity index (χ0v) is 27.4. The zero-order valence-electron chi connectivity index (χ0n) is 25.8. The third-order valence-corrected chi connectivity index (χ3v) is 9.07. The topological polar surface area (TPSA) is 49.7 Å². The number of allylic oxidation sites excluding steroid dienone is 4. The van der Waals surface area contributed by atoms with Gasteiger partial charge < -0.3 is 15.1 Å². The molecule has 0 bridgehead atoms. The molecular weight excluding hydrogens is 589 g/mol. The maximum absolute atomic E-state index is 6.23. The summed E-state index contributed by atoms with van der Waals surface area (Å²) in [6.45, 7) is 15.5. The highest BCUT2D eigenvalue weighted by molar-refractivity contribution is 6.30. The molecule has 0 amide bonds. The zero-order chi connectivity index (χ0) is 30.7. The summed E-state index contributed by atoms with van der Waals surface area (Å²) >= 11 is 12.5. The van der Waals surface area contributed by atoms with Crippen LogP contribution in [0.3, 0.4) is 0 Å². The molecule has 0 atom stereocenters. The molecule has 2 aromatic rings. The van der Waals surface area contributed by atoms with Crippen LogP contribution >= 0.6 is 23.2 Å². The first-order chi connectivity index (χ1) is 21.5. The van der Waals surface area contributed by atoms with Gasteiger partial charge in [-0.1, -0.05) is 78.4 Å². The fraction of sp³-hybridized carbons (Fsp3) is 0.429. The van der Waals surface area contributed by atoms with Crippen molar-refractivity contribution in [1.29, 1.82) is 0 Å². The highest BCUT2D eigenvalue weighted by Crippen LogP contribution is 2.31. The number of halogens is 2. The van der Waals surface area contributed by atoms with Gasteiger partial charge in [0.1, 0.15) is 11.7 Å². The third kappa shape index (κ3) is 9.36. The van der Waals surface area contributed by atoms with Crippen LogP contribution in [0.4, 0.5) is 0 Å². The molecule has 0 spiro atoms. The van der Waals surface area contributed by atoms with E-state index in [2.05, 4.69) is 68.9 Å². The van der Waals surface area contributed by atoms with Crippen molar-refractivity contribution in [2.45, 2.75) is 12.5 Å². The van der Waals surface area contributed by atoms with Crippen molar-refractivity contribution in [2.24, 2.45) is 9.98 Å². The number of amidine groups is 2. The van der Waals surface area contributed by atoms with Crippen LogP contribution in [0, 0.1) is 0 Å². The molecule has 9 heteroatoms. The van der Waals surface area contributed by atoms with E-state index >= 15 is 0 Å². The van der Waals surface area contributed by atoms with Crippen molar-refractivity contribution in [3.8, 4) is 0 Å². The van der Waals surface area contributed by atoms with Crippen LogP contribution < -0.4 is 5.32 Å². The normalized spacial score (nSPS) is 21.3. The molecule has 2 fully saturated rings. The summed E-state index contributed by atoms with van der Waals surface area (Å²) in [5.74, 6) is 1.94. The number of aliphatic imine (C=N–C) groups is 2. The minimum Gasteiger partial charge on any atom is -0.328 e. The Morgan fingerprint density at radius 3 is 2.09 bits per heavy atom. The summed E-state index contributed by atoms with van der Waals surface area (Å²) in [6, 6.07) is 16.6. The van der Waals surface area contributed by atoms with Crippen molar-refractivity contribution in [3.63, 3.8) is 0 Å². The predicted molar refractivity (Wildman–Crippen MR) is 186 cm³/mol. The van der Waals surface area contributed by atoms with E-state index < -0.39 is 0 Å². The summed E-state index contributed by atoms with van der Waals surface area (Å²) in [5.41, 5.74) is 3.59. The average molecular weight is 635 g/mol. The van der Waals surface area contributed by atoms with E-state index in [1.807, 2.05) is 36.4 Å². The lowest BCUT2D eigenvalue weighted by Crippen LogP contribution is -2.51. The first-order valence-electron chi connectivity index (χ1n) is 15.7. The Bertz CT molecular complexity index is 1290. The van der Waals surface area contributed by atoms with Crippen molar-refractivity contribution in [2.75, 3.05) is 85.6 Å². The molecule has 3 aliphatic heterocycles. The summed E-state index contributed by atoms with van der Waals surface area (Å²) in [7, 11) is 2.20. The Kier molecular flexibility index (Phi) is 12.2. The molecule has 44 heavy (non-hydrogen) atoms. The van der Waals surface area contributed by atoms with Crippen LogP contribution in [0.2, 0.25) is 10.0 Å². The monoisotopic (exact) mass is 633 g/mol. The van der Waals surface area contributed by atoms with Gasteiger partial charge in [0.05, 0.1) is 19.1 Å². The van der Waals surface area contributed by atoms with Gasteiger partial charge in [0, 0.05) is 74.5 Å². The summed E-state index contributed by atoms with van der Waals surface area (Å²) in [4.78, 5) is 19.9. The minimum atomic E-state index is 0.151. The smallest absolute Gasteiger partial charge is 0.131 e. The number of hydrogen-bond acceptors (Lipinski definition) is 6. The van der Waals surface area contributed by atoms with E-state index in [9.17, 15) is 0 Å². The summed E-state index contributed by atoms with van der Waals surface area (Å²) in [5, 5.41) is 5.09. The van der Waals surface area contributed by atoms with E-state index in [-0.39, 0.29) is 6.04 Å². The second-order valence-corrected chi connectivity index (χ2v) is 12.6. The molecule has 3 heterocycles. The van der Waals surface area contributed by atoms with Crippen LogP contribution in [-0.2, 0) is 0 Å². The van der Waals surface area contributed by atoms with E-state index in [1.54, 1.807) is 6.08 Å². The molecule has 0 aliphatic carbocycles. The first-order valence-corrected chi connectivity index (χ1v) is 16.5. The molecule has 0 saturated carbocycles. The molecule has 1 N–H and O–H groups in total. The largest absolute Gasteiger partial charge is 0.328 e. The van der Waals surface area contributed by atoms with Gasteiger partial charge in [0.2, 0.25) is 0 Å². The molecule has 2 aromatic carbocycles. The SMILES string of the molecule is C=C/C=C\C=C1/CN=C(CN2CCN(C(c3ccc(Cl)cc3)c3ccc(Cl)cc3)CC2)NC1=NCCCN1CCN(C)CC1. The van der Waals surface area contributed by atoms with Gasteiger partial charge in [-0.25, -0.2) is 0 Å². The highest BCUT2D eigenvalue weighted by Gasteiger charge is 2.28. The molecule has 7 nitrogen and oxygen atoms in total. The lowest BCUT2D eigenvalue weighted by Gasteiger charge is -2.40. The van der Waals surface area contributed by atoms with E-state index in [4.69, 9.17) is 33.2 Å². The molecule has 5 rings (SSSR count). The van der Waals surface area contributed by atoms with Crippen molar-refractivity contribution < 1.29 is 0 Å². The fourth-order valence-corrected chi connectivity index (χ4v) is 6.23. The highest BCUT2D eigenvalue weighted by atomic mass is 35.5. The minimum absolute atomic E-state index is 0.151. The molecule has 0 radical (unpaired) electrons. The van der Waals surface area contributed by atoms with Gasteiger partial charge in [-0.05, 0) is 55.4 Å². The number of nitrogens with one attached hydrogen (secondary N) is 1. The molecular formula is C35H45Cl2N7. The van der Waals surface area contributed by atoms with Crippen LogP contribution in [0.5, 0.6) is 0 Å². The van der Waals surface area contributed by atoms with Crippen molar-refractivity contribution in [3.05, 3.63) is 106 Å². The number of hydrogen-bond donors (Lipinski definition) is 1. The standard InChI is InChI=1S/C35H45Cl2N7/c1-3-4-5-7-30-26-39-33(40-35(30)38-16-6-17-42-20-18-41(2)19-21-42)27-43-22-24-44(25-23-43)34(28-8-12-31(36)13-9-28)29-10-14-32(37)15-11-29/h3-5,7-15,34H,1,6,16-27H2,2H3,(H,38,39,40)/b5-4-,30-7+. The second-order valence-electron chi connectivity index (χ2n) is 11.7. The third-order valence-electron chi connectivity index (χ3n) is 8.57. The molecule has 234 valence electrons. The average Bonchev–Trinajstić information content (AvgIpc) is 3.04. The Morgan fingerprint density at radius 2 is 1.48 bits per heavy atom. The lowest BCUT2D eigenvalue weighted by molar-refractivity contribution is 0.120. The van der Waals surface area contributed by atoms with Gasteiger partial charge in [-0.3, -0.25) is 19.8 Å². The van der Waals surface area contributed by atoms with E-state index in [0.717, 1.165) is 106 Å². The fourth-order valence-electron chi connectivity index (χ4n) is 5.98. The Hall–Kier alpha value is -2.78. The molecule has 0 unspecified atom stereocenters. The van der Waals surface area contributed by atoms with E-state index in [1.165, 1.54) is 11.1 Å².